The smallest absolute Gasteiger partial charge is 0.117 e. The Morgan fingerprint density at radius 2 is 2.33 bits per heavy atom. The lowest BCUT2D eigenvalue weighted by molar-refractivity contribution is -0.0569. The summed E-state index contributed by atoms with van der Waals surface area (Å²) < 4.78 is 5.00. The van der Waals surface area contributed by atoms with E-state index >= 15 is 0 Å². The number of halogens is 1. The van der Waals surface area contributed by atoms with Gasteiger partial charge >= 0.3 is 0 Å². The summed E-state index contributed by atoms with van der Waals surface area (Å²) in [6, 6.07) is 0. The van der Waals surface area contributed by atoms with Gasteiger partial charge in [0.1, 0.15) is 10.5 Å². The van der Waals surface area contributed by atoms with E-state index in [0.29, 0.717) is 13.2 Å². The Bertz CT molecular complexity index is 223. The highest BCUT2D eigenvalue weighted by atomic mass is 127. The lowest BCUT2D eigenvalue weighted by atomic mass is 10.0. The van der Waals surface area contributed by atoms with E-state index in [4.69, 9.17) is 10.5 Å². The first kappa shape index (κ1) is 10.4. The lowest BCUT2D eigenvalue weighted by Crippen LogP contribution is -2.54. The summed E-state index contributed by atoms with van der Waals surface area (Å²) in [5, 5.41) is 2.92. The zero-order valence-corrected chi connectivity index (χ0v) is 9.76. The van der Waals surface area contributed by atoms with Crippen LogP contribution in [0.3, 0.4) is 0 Å². The number of rotatable bonds is 1. The fourth-order valence-electron chi connectivity index (χ4n) is 0.915. The maximum absolute atomic E-state index is 5.89. The van der Waals surface area contributed by atoms with E-state index in [0.717, 1.165) is 5.01 Å². The molecule has 0 bridgehead atoms. The summed E-state index contributed by atoms with van der Waals surface area (Å²) in [5.41, 5.74) is 5.62. The second-order valence-corrected chi connectivity index (χ2v) is 3.38. The number of thiazole rings is 1. The van der Waals surface area contributed by atoms with Crippen LogP contribution in [0.25, 0.3) is 0 Å². The molecule has 0 aliphatic carbocycles. The SMILES string of the molecule is CI.NC1(c2nccs2)COC1. The van der Waals surface area contributed by atoms with Crippen LogP contribution in [-0.4, -0.2) is 23.1 Å². The number of alkyl halides is 1. The molecule has 0 atom stereocenters. The molecular formula is C7H11IN2OS. The van der Waals surface area contributed by atoms with Crippen molar-refractivity contribution >= 4 is 33.9 Å². The molecule has 2 rings (SSSR count). The Balaban J connectivity index is 0.000000336. The number of aromatic nitrogens is 1. The van der Waals surface area contributed by atoms with Gasteiger partial charge in [-0.05, 0) is 4.93 Å². The maximum atomic E-state index is 5.89. The molecule has 1 aromatic rings. The van der Waals surface area contributed by atoms with Gasteiger partial charge in [-0.25, -0.2) is 4.98 Å². The molecule has 0 aromatic carbocycles. The third-order valence-electron chi connectivity index (χ3n) is 1.58. The molecule has 0 amide bonds. The molecule has 1 aliphatic rings. The van der Waals surface area contributed by atoms with Gasteiger partial charge < -0.3 is 10.5 Å². The molecule has 5 heteroatoms. The van der Waals surface area contributed by atoms with E-state index in [2.05, 4.69) is 27.6 Å². The number of nitrogens with zero attached hydrogens (tertiary/aromatic N) is 1. The second kappa shape index (κ2) is 4.50. The van der Waals surface area contributed by atoms with Gasteiger partial charge in [-0.2, -0.15) is 0 Å². The molecule has 2 N–H and O–H groups in total. The Kier molecular flexibility index (Phi) is 3.88. The fraction of sp³-hybridized carbons (Fsp3) is 0.571. The predicted molar refractivity (Wildman–Crippen MR) is 58.7 cm³/mol. The quantitative estimate of drug-likeness (QED) is 0.629. The minimum atomic E-state index is -0.270. The summed E-state index contributed by atoms with van der Waals surface area (Å²) in [4.78, 5) is 6.09. The first-order valence-corrected chi connectivity index (χ1v) is 6.49. The predicted octanol–water partition coefficient (Wildman–Crippen LogP) is 1.38. The zero-order chi connectivity index (χ0) is 9.03. The maximum Gasteiger partial charge on any atom is 0.117 e. The third-order valence-corrected chi connectivity index (χ3v) is 2.57. The van der Waals surface area contributed by atoms with Crippen molar-refractivity contribution in [1.29, 1.82) is 0 Å². The molecule has 1 aliphatic heterocycles. The number of nitrogens with two attached hydrogens (primary N) is 1. The van der Waals surface area contributed by atoms with Crippen molar-refractivity contribution in [3.8, 4) is 0 Å². The molecule has 1 saturated heterocycles. The molecule has 68 valence electrons. The van der Waals surface area contributed by atoms with Crippen LogP contribution in [0.2, 0.25) is 0 Å². The van der Waals surface area contributed by atoms with E-state index < -0.39 is 0 Å². The molecule has 3 nitrogen and oxygen atoms in total. The standard InChI is InChI=1S/C6H8N2OS.CH3I/c7-6(3-9-4-6)5-8-1-2-10-5;1-2/h1-2H,3-4,7H2;1H3. The Labute approximate surface area is 89.5 Å². The van der Waals surface area contributed by atoms with Gasteiger partial charge in [-0.15, -0.1) is 11.3 Å². The summed E-state index contributed by atoms with van der Waals surface area (Å²) in [6.45, 7) is 1.22. The van der Waals surface area contributed by atoms with Crippen LogP contribution >= 0.6 is 33.9 Å². The summed E-state index contributed by atoms with van der Waals surface area (Å²) in [7, 11) is 0. The van der Waals surface area contributed by atoms with Crippen LogP contribution in [0.1, 0.15) is 5.01 Å². The highest BCUT2D eigenvalue weighted by Gasteiger charge is 2.38. The van der Waals surface area contributed by atoms with E-state index in [1.165, 1.54) is 0 Å². The molecule has 1 aromatic heterocycles. The molecule has 0 spiro atoms. The van der Waals surface area contributed by atoms with Gasteiger partial charge in [-0.3, -0.25) is 0 Å². The van der Waals surface area contributed by atoms with E-state index in [1.807, 2.05) is 10.3 Å². The van der Waals surface area contributed by atoms with Gasteiger partial charge in [0.15, 0.2) is 0 Å². The second-order valence-electron chi connectivity index (χ2n) is 2.49. The number of ether oxygens (including phenoxy) is 1. The molecule has 1 fully saturated rings. The molecule has 0 saturated carbocycles. The van der Waals surface area contributed by atoms with Gasteiger partial charge in [0.05, 0.1) is 13.2 Å². The number of hydrogen-bond donors (Lipinski definition) is 1. The van der Waals surface area contributed by atoms with Crippen LogP contribution < -0.4 is 5.73 Å². The Morgan fingerprint density at radius 3 is 2.67 bits per heavy atom. The van der Waals surface area contributed by atoms with Crippen molar-refractivity contribution < 1.29 is 4.74 Å². The lowest BCUT2D eigenvalue weighted by Gasteiger charge is -2.35. The van der Waals surface area contributed by atoms with E-state index in [9.17, 15) is 0 Å². The van der Waals surface area contributed by atoms with Gasteiger partial charge in [0.25, 0.3) is 0 Å². The van der Waals surface area contributed by atoms with Gasteiger partial charge in [0, 0.05) is 11.6 Å². The Morgan fingerprint density at radius 1 is 1.67 bits per heavy atom. The highest BCUT2D eigenvalue weighted by Crippen LogP contribution is 2.27. The van der Waals surface area contributed by atoms with Crippen molar-refractivity contribution in [1.82, 2.24) is 4.98 Å². The van der Waals surface area contributed by atoms with Crippen LogP contribution in [0, 0.1) is 0 Å². The largest absolute Gasteiger partial charge is 0.377 e. The van der Waals surface area contributed by atoms with Crippen molar-refractivity contribution in [2.75, 3.05) is 18.1 Å². The average Bonchev–Trinajstić information content (AvgIpc) is 2.56. The van der Waals surface area contributed by atoms with Crippen molar-refractivity contribution in [3.63, 3.8) is 0 Å². The van der Waals surface area contributed by atoms with E-state index in [1.54, 1.807) is 17.5 Å². The van der Waals surface area contributed by atoms with Crippen molar-refractivity contribution in [2.24, 2.45) is 5.73 Å². The van der Waals surface area contributed by atoms with Crippen LogP contribution in [-0.2, 0) is 10.3 Å². The Hall–Kier alpha value is 0.280. The van der Waals surface area contributed by atoms with Crippen molar-refractivity contribution in [2.45, 2.75) is 5.54 Å². The minimum absolute atomic E-state index is 0.270. The minimum Gasteiger partial charge on any atom is -0.377 e. The van der Waals surface area contributed by atoms with Crippen LogP contribution in [0.5, 0.6) is 0 Å². The number of hydrogen-bond acceptors (Lipinski definition) is 4. The highest BCUT2D eigenvalue weighted by molar-refractivity contribution is 14.1. The average molecular weight is 298 g/mol. The molecular weight excluding hydrogens is 287 g/mol. The van der Waals surface area contributed by atoms with Crippen molar-refractivity contribution in [3.05, 3.63) is 16.6 Å². The fourth-order valence-corrected chi connectivity index (χ4v) is 1.64. The molecule has 0 unspecified atom stereocenters. The van der Waals surface area contributed by atoms with Gasteiger partial charge in [0.2, 0.25) is 0 Å². The molecule has 2 heterocycles. The molecule has 0 radical (unpaired) electrons. The van der Waals surface area contributed by atoms with E-state index in [-0.39, 0.29) is 5.54 Å². The summed E-state index contributed by atoms with van der Waals surface area (Å²) >= 11 is 3.74. The first-order valence-electron chi connectivity index (χ1n) is 3.46. The monoisotopic (exact) mass is 298 g/mol. The molecule has 12 heavy (non-hydrogen) atoms. The van der Waals surface area contributed by atoms with Crippen LogP contribution in [0.4, 0.5) is 0 Å². The third kappa shape index (κ3) is 1.95. The van der Waals surface area contributed by atoms with Gasteiger partial charge in [-0.1, -0.05) is 22.6 Å². The van der Waals surface area contributed by atoms with Crippen LogP contribution in [0.15, 0.2) is 11.6 Å². The topological polar surface area (TPSA) is 48.1 Å². The summed E-state index contributed by atoms with van der Waals surface area (Å²) in [6.07, 6.45) is 1.77. The normalized spacial score (nSPS) is 18.9. The zero-order valence-electron chi connectivity index (χ0n) is 6.79. The first-order chi connectivity index (χ1) is 5.81. The summed E-state index contributed by atoms with van der Waals surface area (Å²) in [5.74, 6) is 0.